The van der Waals surface area contributed by atoms with Gasteiger partial charge in [-0.2, -0.15) is 0 Å². The SMILES string of the molecule is COc1cc(OC)c2c(c1)C(OB1CCC3(CCN1)OCCO3)OC2=O. The molecule has 3 heterocycles. The minimum absolute atomic E-state index is 0.275. The van der Waals surface area contributed by atoms with E-state index < -0.39 is 18.0 Å². The number of hydrogen-bond donors (Lipinski definition) is 1. The first-order chi connectivity index (χ1) is 12.6. The third-order valence-electron chi connectivity index (χ3n) is 5.00. The van der Waals surface area contributed by atoms with Gasteiger partial charge in [0.1, 0.15) is 17.1 Å². The van der Waals surface area contributed by atoms with Crippen LogP contribution < -0.4 is 14.7 Å². The molecule has 0 aromatic heterocycles. The fourth-order valence-electron chi connectivity index (χ4n) is 3.67. The van der Waals surface area contributed by atoms with E-state index in [1.165, 1.54) is 7.11 Å². The molecule has 8 nitrogen and oxygen atoms in total. The first kappa shape index (κ1) is 17.6. The number of nitrogens with one attached hydrogen (secondary N) is 1. The molecule has 2 saturated heterocycles. The van der Waals surface area contributed by atoms with Gasteiger partial charge in [0.15, 0.2) is 5.79 Å². The van der Waals surface area contributed by atoms with Gasteiger partial charge in [-0.25, -0.2) is 4.79 Å². The van der Waals surface area contributed by atoms with Crippen molar-refractivity contribution in [2.75, 3.05) is 34.0 Å². The second-order valence-electron chi connectivity index (χ2n) is 6.51. The zero-order valence-electron chi connectivity index (χ0n) is 14.9. The standard InChI is InChI=1S/C17H22BNO7/c1-21-11-9-12-14(13(10-11)22-2)15(20)25-16(12)26-18-5-3-17(4-6-19-18)23-7-8-24-17/h9-10,16,19H,3-8H2,1-2H3. The number of carbonyl (C=O) groups excluding carboxylic acids is 1. The van der Waals surface area contributed by atoms with Crippen LogP contribution in [0.25, 0.3) is 0 Å². The fourth-order valence-corrected chi connectivity index (χ4v) is 3.67. The minimum Gasteiger partial charge on any atom is -0.497 e. The quantitative estimate of drug-likeness (QED) is 0.637. The Labute approximate surface area is 152 Å². The van der Waals surface area contributed by atoms with Gasteiger partial charge >= 0.3 is 13.0 Å². The lowest BCUT2D eigenvalue weighted by molar-refractivity contribution is -0.161. The first-order valence-electron chi connectivity index (χ1n) is 8.78. The second-order valence-corrected chi connectivity index (χ2v) is 6.51. The largest absolute Gasteiger partial charge is 0.497 e. The minimum atomic E-state index is -0.807. The third-order valence-corrected chi connectivity index (χ3v) is 5.00. The average molecular weight is 363 g/mol. The van der Waals surface area contributed by atoms with Crippen molar-refractivity contribution in [3.8, 4) is 11.5 Å². The van der Waals surface area contributed by atoms with E-state index in [-0.39, 0.29) is 7.05 Å². The molecular formula is C17H22BNO7. The maximum Gasteiger partial charge on any atom is 0.383 e. The summed E-state index contributed by atoms with van der Waals surface area (Å²) < 4.78 is 33.6. The van der Waals surface area contributed by atoms with Gasteiger partial charge in [0, 0.05) is 18.1 Å². The van der Waals surface area contributed by atoms with Gasteiger partial charge in [-0.15, -0.1) is 0 Å². The second kappa shape index (κ2) is 7.07. The topological polar surface area (TPSA) is 84.5 Å². The molecule has 0 bridgehead atoms. The van der Waals surface area contributed by atoms with Crippen LogP contribution in [-0.4, -0.2) is 52.8 Å². The highest BCUT2D eigenvalue weighted by Crippen LogP contribution is 2.41. The van der Waals surface area contributed by atoms with E-state index >= 15 is 0 Å². The van der Waals surface area contributed by atoms with Crippen molar-refractivity contribution in [1.82, 2.24) is 5.23 Å². The van der Waals surface area contributed by atoms with Crippen molar-refractivity contribution in [3.63, 3.8) is 0 Å². The van der Waals surface area contributed by atoms with Crippen molar-refractivity contribution in [2.45, 2.75) is 31.2 Å². The fraction of sp³-hybridized carbons (Fsp3) is 0.588. The van der Waals surface area contributed by atoms with Crippen LogP contribution in [0.1, 0.15) is 35.1 Å². The summed E-state index contributed by atoms with van der Waals surface area (Å²) in [6, 6.07) is 3.40. The normalized spacial score (nSPS) is 24.3. The number of ether oxygens (including phenoxy) is 5. The van der Waals surface area contributed by atoms with E-state index in [9.17, 15) is 4.79 Å². The summed E-state index contributed by atoms with van der Waals surface area (Å²) in [7, 11) is 2.79. The maximum absolute atomic E-state index is 12.3. The Morgan fingerprint density at radius 2 is 2.00 bits per heavy atom. The Kier molecular flexibility index (Phi) is 4.79. The number of fused-ring (bicyclic) bond motifs is 1. The predicted molar refractivity (Wildman–Crippen MR) is 91.2 cm³/mol. The molecule has 1 N–H and O–H groups in total. The monoisotopic (exact) mass is 363 g/mol. The summed E-state index contributed by atoms with van der Waals surface area (Å²) in [6.45, 7) is 1.94. The molecule has 1 aromatic rings. The van der Waals surface area contributed by atoms with Crippen LogP contribution in [0.4, 0.5) is 0 Å². The maximum atomic E-state index is 12.3. The molecule has 26 heavy (non-hydrogen) atoms. The van der Waals surface area contributed by atoms with Crippen LogP contribution in [0.3, 0.4) is 0 Å². The van der Waals surface area contributed by atoms with E-state index in [1.807, 2.05) is 0 Å². The molecule has 1 aromatic carbocycles. The van der Waals surface area contributed by atoms with E-state index in [1.54, 1.807) is 19.2 Å². The summed E-state index contributed by atoms with van der Waals surface area (Å²) >= 11 is 0. The first-order valence-corrected chi connectivity index (χ1v) is 8.78. The molecule has 9 heteroatoms. The van der Waals surface area contributed by atoms with E-state index in [4.69, 9.17) is 28.3 Å². The van der Waals surface area contributed by atoms with Crippen molar-refractivity contribution < 1.29 is 33.1 Å². The van der Waals surface area contributed by atoms with E-state index in [0.29, 0.717) is 48.7 Å². The lowest BCUT2D eigenvalue weighted by atomic mass is 9.76. The Bertz CT molecular complexity index is 692. The Morgan fingerprint density at radius 3 is 2.73 bits per heavy atom. The molecule has 4 rings (SSSR count). The number of rotatable bonds is 4. The van der Waals surface area contributed by atoms with Gasteiger partial charge in [-0.3, -0.25) is 0 Å². The number of benzene rings is 1. The summed E-state index contributed by atoms with van der Waals surface area (Å²) in [4.78, 5) is 12.3. The lowest BCUT2D eigenvalue weighted by Crippen LogP contribution is -2.37. The molecule has 3 aliphatic heterocycles. The summed E-state index contributed by atoms with van der Waals surface area (Å²) in [6.07, 6.45) is 1.36. The highest BCUT2D eigenvalue weighted by atomic mass is 16.7. The van der Waals surface area contributed by atoms with Gasteiger partial charge < -0.3 is 33.6 Å². The molecular weight excluding hydrogens is 341 g/mol. The Hall–Kier alpha value is -1.81. The zero-order chi connectivity index (χ0) is 18.1. The van der Waals surface area contributed by atoms with Crippen LogP contribution in [0.5, 0.6) is 11.5 Å². The number of methoxy groups -OCH3 is 2. The lowest BCUT2D eigenvalue weighted by Gasteiger charge is -2.25. The van der Waals surface area contributed by atoms with Crippen LogP contribution in [0, 0.1) is 0 Å². The highest BCUT2D eigenvalue weighted by molar-refractivity contribution is 6.49. The van der Waals surface area contributed by atoms with Gasteiger partial charge in [-0.05, 0) is 25.4 Å². The van der Waals surface area contributed by atoms with E-state index in [0.717, 1.165) is 12.8 Å². The smallest absolute Gasteiger partial charge is 0.383 e. The molecule has 3 aliphatic rings. The molecule has 0 saturated carbocycles. The van der Waals surface area contributed by atoms with Crippen molar-refractivity contribution in [2.24, 2.45) is 0 Å². The van der Waals surface area contributed by atoms with Crippen LogP contribution >= 0.6 is 0 Å². The van der Waals surface area contributed by atoms with Crippen molar-refractivity contribution >= 4 is 13.0 Å². The molecule has 140 valence electrons. The van der Waals surface area contributed by atoms with Crippen LogP contribution in [0.15, 0.2) is 12.1 Å². The molecule has 1 spiro atoms. The Morgan fingerprint density at radius 1 is 1.19 bits per heavy atom. The molecule has 1 unspecified atom stereocenters. The van der Waals surface area contributed by atoms with Crippen molar-refractivity contribution in [3.05, 3.63) is 23.3 Å². The van der Waals surface area contributed by atoms with Gasteiger partial charge in [0.05, 0.1) is 27.4 Å². The number of carbonyl (C=O) groups is 1. The molecule has 0 aliphatic carbocycles. The summed E-state index contributed by atoms with van der Waals surface area (Å²) in [5.74, 6) is 0.0167. The molecule has 0 amide bonds. The van der Waals surface area contributed by atoms with Gasteiger partial charge in [0.2, 0.25) is 6.29 Å². The molecule has 0 radical (unpaired) electrons. The molecule has 1 atom stereocenters. The van der Waals surface area contributed by atoms with Crippen LogP contribution in [0.2, 0.25) is 6.32 Å². The van der Waals surface area contributed by atoms with E-state index in [2.05, 4.69) is 5.23 Å². The van der Waals surface area contributed by atoms with Gasteiger partial charge in [0.25, 0.3) is 0 Å². The number of cyclic esters (lactones) is 1. The zero-order valence-corrected chi connectivity index (χ0v) is 14.9. The highest BCUT2D eigenvalue weighted by Gasteiger charge is 2.42. The van der Waals surface area contributed by atoms with Crippen LogP contribution in [-0.2, 0) is 18.9 Å². The van der Waals surface area contributed by atoms with Gasteiger partial charge in [-0.1, -0.05) is 0 Å². The van der Waals surface area contributed by atoms with Crippen molar-refractivity contribution in [1.29, 1.82) is 0 Å². The number of hydrogen-bond acceptors (Lipinski definition) is 8. The summed E-state index contributed by atoms with van der Waals surface area (Å²) in [5, 5.41) is 3.33. The Balaban J connectivity index is 1.51. The number of esters is 1. The summed E-state index contributed by atoms with van der Waals surface area (Å²) in [5.41, 5.74) is 0.992. The average Bonchev–Trinajstić information content (AvgIpc) is 3.17. The predicted octanol–water partition coefficient (Wildman–Crippen LogP) is 1.50. The molecule has 2 fully saturated rings. The third kappa shape index (κ3) is 3.16.